The highest BCUT2D eigenvalue weighted by Gasteiger charge is 2.06. The minimum atomic E-state index is 0.398. The molecular weight excluding hydrogens is 322 g/mol. The van der Waals surface area contributed by atoms with Gasteiger partial charge in [-0.05, 0) is 65.6 Å². The number of methoxy groups -OCH3 is 1. The molecule has 1 heterocycles. The molecular formula is C15H18BrNOS. The van der Waals surface area contributed by atoms with Crippen LogP contribution < -0.4 is 10.1 Å². The SMILES string of the molecule is COc1ccc(CCNC(C)c2ccc(Br)s2)cc1. The highest BCUT2D eigenvalue weighted by Crippen LogP contribution is 2.26. The number of halogens is 1. The summed E-state index contributed by atoms with van der Waals surface area (Å²) in [5.74, 6) is 0.911. The van der Waals surface area contributed by atoms with Gasteiger partial charge in [0.25, 0.3) is 0 Å². The first kappa shape index (κ1) is 14.6. The van der Waals surface area contributed by atoms with Crippen molar-refractivity contribution in [1.82, 2.24) is 5.32 Å². The van der Waals surface area contributed by atoms with Gasteiger partial charge in [0.15, 0.2) is 0 Å². The molecule has 0 radical (unpaired) electrons. The van der Waals surface area contributed by atoms with Gasteiger partial charge >= 0.3 is 0 Å². The fourth-order valence-corrected chi connectivity index (χ4v) is 3.34. The molecule has 1 N–H and O–H groups in total. The van der Waals surface area contributed by atoms with Crippen molar-refractivity contribution in [3.8, 4) is 5.75 Å². The lowest BCUT2D eigenvalue weighted by Crippen LogP contribution is -2.20. The van der Waals surface area contributed by atoms with Crippen molar-refractivity contribution >= 4 is 27.3 Å². The van der Waals surface area contributed by atoms with Crippen molar-refractivity contribution in [2.45, 2.75) is 19.4 Å². The van der Waals surface area contributed by atoms with Gasteiger partial charge in [-0.1, -0.05) is 12.1 Å². The number of hydrogen-bond donors (Lipinski definition) is 1. The lowest BCUT2D eigenvalue weighted by molar-refractivity contribution is 0.414. The van der Waals surface area contributed by atoms with Crippen molar-refractivity contribution < 1.29 is 4.74 Å². The molecule has 2 aromatic rings. The number of ether oxygens (including phenoxy) is 1. The van der Waals surface area contributed by atoms with Crippen molar-refractivity contribution in [2.75, 3.05) is 13.7 Å². The van der Waals surface area contributed by atoms with Crippen LogP contribution in [-0.4, -0.2) is 13.7 Å². The number of nitrogens with one attached hydrogen (secondary N) is 1. The number of rotatable bonds is 6. The van der Waals surface area contributed by atoms with Crippen LogP contribution in [0, 0.1) is 0 Å². The van der Waals surface area contributed by atoms with E-state index in [2.05, 4.69) is 52.4 Å². The molecule has 2 rings (SSSR count). The Morgan fingerprint density at radius 2 is 1.95 bits per heavy atom. The summed E-state index contributed by atoms with van der Waals surface area (Å²) in [4.78, 5) is 1.36. The molecule has 1 unspecified atom stereocenters. The molecule has 0 saturated heterocycles. The van der Waals surface area contributed by atoms with E-state index >= 15 is 0 Å². The minimum absolute atomic E-state index is 0.398. The molecule has 0 spiro atoms. The van der Waals surface area contributed by atoms with Gasteiger partial charge in [-0.2, -0.15) is 0 Å². The maximum Gasteiger partial charge on any atom is 0.118 e. The Bertz CT molecular complexity index is 509. The van der Waals surface area contributed by atoms with Crippen molar-refractivity contribution in [2.24, 2.45) is 0 Å². The van der Waals surface area contributed by atoms with E-state index in [1.54, 1.807) is 18.4 Å². The van der Waals surface area contributed by atoms with Crippen LogP contribution in [0.15, 0.2) is 40.2 Å². The zero-order valence-electron chi connectivity index (χ0n) is 11.2. The Kier molecular flexibility index (Phi) is 5.43. The molecule has 0 bridgehead atoms. The average Bonchev–Trinajstić information content (AvgIpc) is 2.86. The van der Waals surface area contributed by atoms with E-state index < -0.39 is 0 Å². The van der Waals surface area contributed by atoms with Crippen LogP contribution in [0.5, 0.6) is 5.75 Å². The van der Waals surface area contributed by atoms with E-state index in [0.717, 1.165) is 18.7 Å². The average molecular weight is 340 g/mol. The van der Waals surface area contributed by atoms with Crippen LogP contribution in [0.4, 0.5) is 0 Å². The van der Waals surface area contributed by atoms with Crippen LogP contribution in [0.3, 0.4) is 0 Å². The Morgan fingerprint density at radius 3 is 2.53 bits per heavy atom. The van der Waals surface area contributed by atoms with Gasteiger partial charge in [-0.15, -0.1) is 11.3 Å². The smallest absolute Gasteiger partial charge is 0.118 e. The van der Waals surface area contributed by atoms with Crippen LogP contribution in [-0.2, 0) is 6.42 Å². The molecule has 0 fully saturated rings. The third kappa shape index (κ3) is 4.34. The normalized spacial score (nSPS) is 12.4. The third-order valence-corrected chi connectivity index (χ3v) is 4.85. The van der Waals surface area contributed by atoms with Crippen LogP contribution >= 0.6 is 27.3 Å². The Hall–Kier alpha value is -0.840. The molecule has 102 valence electrons. The molecule has 1 aromatic heterocycles. The summed E-state index contributed by atoms with van der Waals surface area (Å²) >= 11 is 5.28. The zero-order valence-corrected chi connectivity index (χ0v) is 13.6. The van der Waals surface area contributed by atoms with Gasteiger partial charge in [0, 0.05) is 10.9 Å². The van der Waals surface area contributed by atoms with E-state index in [9.17, 15) is 0 Å². The van der Waals surface area contributed by atoms with E-state index in [4.69, 9.17) is 4.74 Å². The molecule has 1 aromatic carbocycles. The summed E-state index contributed by atoms with van der Waals surface area (Å²) in [7, 11) is 1.69. The van der Waals surface area contributed by atoms with Gasteiger partial charge in [0.05, 0.1) is 10.9 Å². The number of thiophene rings is 1. The monoisotopic (exact) mass is 339 g/mol. The highest BCUT2D eigenvalue weighted by molar-refractivity contribution is 9.11. The van der Waals surface area contributed by atoms with E-state index in [0.29, 0.717) is 6.04 Å². The first-order valence-corrected chi connectivity index (χ1v) is 7.91. The van der Waals surface area contributed by atoms with Gasteiger partial charge in [-0.25, -0.2) is 0 Å². The lowest BCUT2D eigenvalue weighted by atomic mass is 10.1. The second-order valence-electron chi connectivity index (χ2n) is 4.42. The van der Waals surface area contributed by atoms with E-state index in [1.165, 1.54) is 14.2 Å². The number of hydrogen-bond acceptors (Lipinski definition) is 3. The molecule has 19 heavy (non-hydrogen) atoms. The molecule has 0 amide bonds. The van der Waals surface area contributed by atoms with Crippen LogP contribution in [0.2, 0.25) is 0 Å². The lowest BCUT2D eigenvalue weighted by Gasteiger charge is -2.12. The molecule has 1 atom stereocenters. The van der Waals surface area contributed by atoms with Crippen molar-refractivity contribution in [3.05, 3.63) is 50.6 Å². The Morgan fingerprint density at radius 1 is 1.21 bits per heavy atom. The molecule has 0 aliphatic heterocycles. The summed E-state index contributed by atoms with van der Waals surface area (Å²) in [5, 5.41) is 3.55. The first-order valence-electron chi connectivity index (χ1n) is 6.30. The molecule has 2 nitrogen and oxygen atoms in total. The summed E-state index contributed by atoms with van der Waals surface area (Å²) in [6.07, 6.45) is 1.03. The highest BCUT2D eigenvalue weighted by atomic mass is 79.9. The fourth-order valence-electron chi connectivity index (χ4n) is 1.89. The van der Waals surface area contributed by atoms with Crippen LogP contribution in [0.1, 0.15) is 23.4 Å². The maximum absolute atomic E-state index is 5.15. The van der Waals surface area contributed by atoms with E-state index in [1.807, 2.05) is 12.1 Å². The van der Waals surface area contributed by atoms with Gasteiger partial charge in [-0.3, -0.25) is 0 Å². The summed E-state index contributed by atoms with van der Waals surface area (Å²) in [6.45, 7) is 3.18. The largest absolute Gasteiger partial charge is 0.497 e. The molecule has 0 aliphatic carbocycles. The number of benzene rings is 1. The maximum atomic E-state index is 5.15. The second kappa shape index (κ2) is 7.08. The first-order chi connectivity index (χ1) is 9.19. The Labute approximate surface area is 126 Å². The van der Waals surface area contributed by atoms with Gasteiger partial charge < -0.3 is 10.1 Å². The zero-order chi connectivity index (χ0) is 13.7. The summed E-state index contributed by atoms with van der Waals surface area (Å²) < 4.78 is 6.34. The van der Waals surface area contributed by atoms with E-state index in [-0.39, 0.29) is 0 Å². The summed E-state index contributed by atoms with van der Waals surface area (Å²) in [6, 6.07) is 12.9. The topological polar surface area (TPSA) is 21.3 Å². The predicted octanol–water partition coefficient (Wildman–Crippen LogP) is 4.41. The fraction of sp³-hybridized carbons (Fsp3) is 0.333. The summed E-state index contributed by atoms with van der Waals surface area (Å²) in [5.41, 5.74) is 1.33. The standard InChI is InChI=1S/C15H18BrNOS/c1-11(14-7-8-15(16)19-14)17-10-9-12-3-5-13(18-2)6-4-12/h3-8,11,17H,9-10H2,1-2H3. The second-order valence-corrected chi connectivity index (χ2v) is 6.91. The van der Waals surface area contributed by atoms with Crippen LogP contribution in [0.25, 0.3) is 0 Å². The molecule has 0 saturated carbocycles. The van der Waals surface area contributed by atoms with Gasteiger partial charge in [0.1, 0.15) is 5.75 Å². The van der Waals surface area contributed by atoms with Crippen molar-refractivity contribution in [3.63, 3.8) is 0 Å². The minimum Gasteiger partial charge on any atom is -0.497 e. The van der Waals surface area contributed by atoms with Crippen molar-refractivity contribution in [1.29, 1.82) is 0 Å². The predicted molar refractivity (Wildman–Crippen MR) is 85.1 cm³/mol. The van der Waals surface area contributed by atoms with Gasteiger partial charge in [0.2, 0.25) is 0 Å². The Balaban J connectivity index is 1.79. The molecule has 0 aliphatic rings. The third-order valence-electron chi connectivity index (χ3n) is 3.04. The molecule has 4 heteroatoms. The quantitative estimate of drug-likeness (QED) is 0.841.